The van der Waals surface area contributed by atoms with Crippen molar-refractivity contribution >= 4 is 28.1 Å². The highest BCUT2D eigenvalue weighted by molar-refractivity contribution is 7.10. The molecule has 0 aliphatic rings. The second-order valence-electron chi connectivity index (χ2n) is 6.43. The molecule has 2 heterocycles. The Balaban J connectivity index is 1.48. The van der Waals surface area contributed by atoms with E-state index in [0.29, 0.717) is 12.8 Å². The molecule has 0 bridgehead atoms. The molecule has 2 aromatic heterocycles. The van der Waals surface area contributed by atoms with Crippen LogP contribution in [0.4, 0.5) is 4.39 Å². The minimum atomic E-state index is -0.283. The maximum Gasteiger partial charge on any atom is 0.221 e. The summed E-state index contributed by atoms with van der Waals surface area (Å²) in [5, 5.41) is 6.23. The lowest BCUT2D eigenvalue weighted by molar-refractivity contribution is -0.121. The number of amides is 1. The summed E-state index contributed by atoms with van der Waals surface area (Å²) in [6, 6.07) is 18.0. The van der Waals surface area contributed by atoms with Crippen molar-refractivity contribution in [3.63, 3.8) is 0 Å². The summed E-state index contributed by atoms with van der Waals surface area (Å²) < 4.78 is 13.3. The molecular formula is C22H19FN2OS. The van der Waals surface area contributed by atoms with Crippen LogP contribution in [0.3, 0.4) is 0 Å². The van der Waals surface area contributed by atoms with Gasteiger partial charge in [0.25, 0.3) is 0 Å². The van der Waals surface area contributed by atoms with Gasteiger partial charge in [0.05, 0.1) is 6.04 Å². The molecule has 2 aromatic carbocycles. The van der Waals surface area contributed by atoms with Gasteiger partial charge < -0.3 is 10.3 Å². The van der Waals surface area contributed by atoms with Gasteiger partial charge in [-0.25, -0.2) is 4.39 Å². The molecule has 0 saturated carbocycles. The van der Waals surface area contributed by atoms with Gasteiger partial charge in [0.2, 0.25) is 5.91 Å². The van der Waals surface area contributed by atoms with Crippen LogP contribution in [0.2, 0.25) is 0 Å². The molecule has 1 atom stereocenters. The molecule has 27 heavy (non-hydrogen) atoms. The van der Waals surface area contributed by atoms with Crippen LogP contribution in [0.5, 0.6) is 0 Å². The molecule has 4 aromatic rings. The number of thiophene rings is 1. The molecule has 1 amide bonds. The van der Waals surface area contributed by atoms with E-state index >= 15 is 0 Å². The predicted octanol–water partition coefficient (Wildman–Crippen LogP) is 5.21. The summed E-state index contributed by atoms with van der Waals surface area (Å²) in [4.78, 5) is 16.9. The van der Waals surface area contributed by atoms with Crippen LogP contribution in [0.15, 0.2) is 72.2 Å². The topological polar surface area (TPSA) is 44.9 Å². The molecule has 2 N–H and O–H groups in total. The smallest absolute Gasteiger partial charge is 0.221 e. The molecule has 0 radical (unpaired) electrons. The Morgan fingerprint density at radius 2 is 1.89 bits per heavy atom. The summed E-state index contributed by atoms with van der Waals surface area (Å²) in [5.41, 5.74) is 3.09. The lowest BCUT2D eigenvalue weighted by Crippen LogP contribution is -2.29. The standard InChI is InChI=1S/C22H19FN2OS/c23-17-10-7-15(8-11-17)22(20-6-3-13-27-20)25-21(26)12-9-16-14-24-19-5-2-1-4-18(16)19/h1-8,10-11,13-14,22,24H,9,12H2,(H,25,26). The second-order valence-corrected chi connectivity index (χ2v) is 7.41. The van der Waals surface area contributed by atoms with Crippen molar-refractivity contribution in [1.29, 1.82) is 0 Å². The maximum absolute atomic E-state index is 13.3. The number of rotatable bonds is 6. The summed E-state index contributed by atoms with van der Waals surface area (Å²) in [6.45, 7) is 0. The lowest BCUT2D eigenvalue weighted by atomic mass is 10.0. The largest absolute Gasteiger partial charge is 0.361 e. The number of para-hydroxylation sites is 1. The Morgan fingerprint density at radius 1 is 1.07 bits per heavy atom. The molecule has 0 aliphatic heterocycles. The van der Waals surface area contributed by atoms with Crippen molar-refractivity contribution in [3.05, 3.63) is 94.1 Å². The van der Waals surface area contributed by atoms with E-state index in [-0.39, 0.29) is 17.8 Å². The Labute approximate surface area is 160 Å². The first-order valence-corrected chi connectivity index (χ1v) is 9.72. The molecule has 0 spiro atoms. The van der Waals surface area contributed by atoms with Crippen LogP contribution in [0.25, 0.3) is 10.9 Å². The van der Waals surface area contributed by atoms with E-state index in [1.54, 1.807) is 23.5 Å². The van der Waals surface area contributed by atoms with Gasteiger partial charge in [-0.3, -0.25) is 4.79 Å². The number of H-pyrrole nitrogens is 1. The van der Waals surface area contributed by atoms with E-state index in [0.717, 1.165) is 26.9 Å². The normalized spacial score (nSPS) is 12.2. The van der Waals surface area contributed by atoms with E-state index in [4.69, 9.17) is 0 Å². The second kappa shape index (κ2) is 7.76. The van der Waals surface area contributed by atoms with Crippen LogP contribution in [0, 0.1) is 5.82 Å². The number of carbonyl (C=O) groups is 1. The third kappa shape index (κ3) is 3.93. The fourth-order valence-electron chi connectivity index (χ4n) is 3.25. The van der Waals surface area contributed by atoms with Crippen molar-refractivity contribution in [2.75, 3.05) is 0 Å². The Morgan fingerprint density at radius 3 is 2.67 bits per heavy atom. The number of halogens is 1. The number of nitrogens with one attached hydrogen (secondary N) is 2. The predicted molar refractivity (Wildman–Crippen MR) is 107 cm³/mol. The average molecular weight is 378 g/mol. The maximum atomic E-state index is 13.3. The molecule has 5 heteroatoms. The third-order valence-electron chi connectivity index (χ3n) is 4.63. The number of carbonyl (C=O) groups excluding carboxylic acids is 1. The fraction of sp³-hybridized carbons (Fsp3) is 0.136. The summed E-state index contributed by atoms with van der Waals surface area (Å²) in [7, 11) is 0. The minimum absolute atomic E-state index is 0.0250. The zero-order valence-corrected chi connectivity index (χ0v) is 15.4. The zero-order chi connectivity index (χ0) is 18.6. The lowest BCUT2D eigenvalue weighted by Gasteiger charge is -2.18. The van der Waals surface area contributed by atoms with Gasteiger partial charge in [0.15, 0.2) is 0 Å². The van der Waals surface area contributed by atoms with Crippen LogP contribution in [0.1, 0.15) is 28.5 Å². The van der Waals surface area contributed by atoms with E-state index in [2.05, 4.69) is 16.4 Å². The highest BCUT2D eigenvalue weighted by Crippen LogP contribution is 2.26. The minimum Gasteiger partial charge on any atom is -0.361 e. The van der Waals surface area contributed by atoms with Crippen LogP contribution in [-0.4, -0.2) is 10.9 Å². The van der Waals surface area contributed by atoms with E-state index in [9.17, 15) is 9.18 Å². The molecule has 1 unspecified atom stereocenters. The van der Waals surface area contributed by atoms with Crippen molar-refractivity contribution in [2.45, 2.75) is 18.9 Å². The van der Waals surface area contributed by atoms with Crippen molar-refractivity contribution in [1.82, 2.24) is 10.3 Å². The first-order chi connectivity index (χ1) is 13.2. The molecule has 4 rings (SSSR count). The van der Waals surface area contributed by atoms with Crippen molar-refractivity contribution < 1.29 is 9.18 Å². The quantitative estimate of drug-likeness (QED) is 0.475. The molecule has 136 valence electrons. The van der Waals surface area contributed by atoms with E-state index < -0.39 is 0 Å². The number of hydrogen-bond acceptors (Lipinski definition) is 2. The number of benzene rings is 2. The average Bonchev–Trinajstić information content (AvgIpc) is 3.35. The van der Waals surface area contributed by atoms with Gasteiger partial charge >= 0.3 is 0 Å². The first kappa shape index (κ1) is 17.5. The third-order valence-corrected chi connectivity index (χ3v) is 5.57. The Hall–Kier alpha value is -2.92. The van der Waals surface area contributed by atoms with Gasteiger partial charge in [-0.15, -0.1) is 11.3 Å². The molecule has 0 fully saturated rings. The number of hydrogen-bond donors (Lipinski definition) is 2. The van der Waals surface area contributed by atoms with Gasteiger partial charge in [-0.05, 0) is 47.2 Å². The fourth-order valence-corrected chi connectivity index (χ4v) is 4.05. The summed E-state index contributed by atoms with van der Waals surface area (Å²) in [5.74, 6) is -0.308. The summed E-state index contributed by atoms with van der Waals surface area (Å²) in [6.07, 6.45) is 3.02. The molecule has 0 saturated heterocycles. The first-order valence-electron chi connectivity index (χ1n) is 8.84. The number of aromatic amines is 1. The highest BCUT2D eigenvalue weighted by Gasteiger charge is 2.18. The number of aromatic nitrogens is 1. The molecular weight excluding hydrogens is 359 g/mol. The van der Waals surface area contributed by atoms with Gasteiger partial charge in [0.1, 0.15) is 5.82 Å². The molecule has 0 aliphatic carbocycles. The van der Waals surface area contributed by atoms with Gasteiger partial charge in [0, 0.05) is 28.4 Å². The number of fused-ring (bicyclic) bond motifs is 1. The zero-order valence-electron chi connectivity index (χ0n) is 14.6. The number of aryl methyl sites for hydroxylation is 1. The van der Waals surface area contributed by atoms with Crippen molar-refractivity contribution in [2.24, 2.45) is 0 Å². The summed E-state index contributed by atoms with van der Waals surface area (Å²) >= 11 is 1.58. The monoisotopic (exact) mass is 378 g/mol. The van der Waals surface area contributed by atoms with Crippen molar-refractivity contribution in [3.8, 4) is 0 Å². The Kier molecular flexibility index (Phi) is 5.03. The van der Waals surface area contributed by atoms with E-state index in [1.165, 1.54) is 12.1 Å². The van der Waals surface area contributed by atoms with Gasteiger partial charge in [-0.2, -0.15) is 0 Å². The van der Waals surface area contributed by atoms with Crippen LogP contribution in [-0.2, 0) is 11.2 Å². The van der Waals surface area contributed by atoms with E-state index in [1.807, 2.05) is 41.9 Å². The Bertz CT molecular complexity index is 1040. The SMILES string of the molecule is O=C(CCc1c[nH]c2ccccc12)NC(c1ccc(F)cc1)c1cccs1. The van der Waals surface area contributed by atoms with Crippen LogP contribution < -0.4 is 5.32 Å². The molecule has 3 nitrogen and oxygen atoms in total. The van der Waals surface area contributed by atoms with Gasteiger partial charge in [-0.1, -0.05) is 36.4 Å². The highest BCUT2D eigenvalue weighted by atomic mass is 32.1. The van der Waals surface area contributed by atoms with Crippen LogP contribution >= 0.6 is 11.3 Å².